The van der Waals surface area contributed by atoms with Crippen molar-refractivity contribution >= 4 is 40.0 Å². The highest BCUT2D eigenvalue weighted by molar-refractivity contribution is 8.01. The average Bonchev–Trinajstić information content (AvgIpc) is 3.37. The van der Waals surface area contributed by atoms with Crippen LogP contribution in [0, 0.1) is 0 Å². The summed E-state index contributed by atoms with van der Waals surface area (Å²) in [5.41, 5.74) is 0.415. The van der Waals surface area contributed by atoms with E-state index in [0.717, 1.165) is 12.8 Å². The zero-order chi connectivity index (χ0) is 19.9. The van der Waals surface area contributed by atoms with Gasteiger partial charge in [0.15, 0.2) is 15.8 Å². The van der Waals surface area contributed by atoms with Gasteiger partial charge in [0, 0.05) is 11.6 Å². The third-order valence-corrected chi connectivity index (χ3v) is 6.29. The van der Waals surface area contributed by atoms with Crippen LogP contribution in [0.5, 0.6) is 11.5 Å². The predicted octanol–water partition coefficient (Wildman–Crippen LogP) is 2.96. The molecular formula is C18H22N4O4S2. The molecule has 2 amide bonds. The molecule has 1 aliphatic carbocycles. The highest BCUT2D eigenvalue weighted by Crippen LogP contribution is 2.29. The fourth-order valence-corrected chi connectivity index (χ4v) is 4.49. The normalized spacial score (nSPS) is 13.9. The number of hydrogen-bond donors (Lipinski definition) is 2. The lowest BCUT2D eigenvalue weighted by Crippen LogP contribution is -2.33. The Bertz CT molecular complexity index is 837. The summed E-state index contributed by atoms with van der Waals surface area (Å²) in [6.07, 6.45) is 4.47. The van der Waals surface area contributed by atoms with Gasteiger partial charge in [-0.1, -0.05) is 35.9 Å². The van der Waals surface area contributed by atoms with Gasteiger partial charge < -0.3 is 14.8 Å². The molecule has 0 aliphatic heterocycles. The first-order valence-corrected chi connectivity index (χ1v) is 10.7. The van der Waals surface area contributed by atoms with Gasteiger partial charge in [0.05, 0.1) is 20.0 Å². The smallest absolute Gasteiger partial charge is 0.257 e. The number of nitrogens with zero attached hydrogens (tertiary/aromatic N) is 2. The number of anilines is 1. The molecule has 0 spiro atoms. The molecule has 2 aromatic rings. The Morgan fingerprint density at radius 1 is 1.18 bits per heavy atom. The SMILES string of the molecule is COc1ccc(C(=O)Nc2nnc(SCC(=O)NC3CCCC3)s2)cc1OC. The van der Waals surface area contributed by atoms with Gasteiger partial charge in [0.2, 0.25) is 11.0 Å². The largest absolute Gasteiger partial charge is 0.493 e. The van der Waals surface area contributed by atoms with Crippen LogP contribution in [0.25, 0.3) is 0 Å². The van der Waals surface area contributed by atoms with E-state index in [-0.39, 0.29) is 17.6 Å². The van der Waals surface area contributed by atoms with E-state index in [1.807, 2.05) is 0 Å². The van der Waals surface area contributed by atoms with Crippen molar-refractivity contribution in [3.63, 3.8) is 0 Å². The van der Waals surface area contributed by atoms with Gasteiger partial charge in [0.1, 0.15) is 0 Å². The Balaban J connectivity index is 1.52. The number of thioether (sulfide) groups is 1. The van der Waals surface area contributed by atoms with E-state index in [0.29, 0.717) is 32.6 Å². The summed E-state index contributed by atoms with van der Waals surface area (Å²) in [5.74, 6) is 0.978. The third-order valence-electron chi connectivity index (χ3n) is 4.32. The van der Waals surface area contributed by atoms with Crippen LogP contribution in [0.4, 0.5) is 5.13 Å². The Labute approximate surface area is 171 Å². The molecule has 1 saturated carbocycles. The van der Waals surface area contributed by atoms with Crippen LogP contribution in [0.3, 0.4) is 0 Å². The highest BCUT2D eigenvalue weighted by Gasteiger charge is 2.18. The number of nitrogens with one attached hydrogen (secondary N) is 2. The second-order valence-corrected chi connectivity index (χ2v) is 8.43. The van der Waals surface area contributed by atoms with Crippen molar-refractivity contribution in [3.8, 4) is 11.5 Å². The topological polar surface area (TPSA) is 102 Å². The zero-order valence-corrected chi connectivity index (χ0v) is 17.3. The number of ether oxygens (including phenoxy) is 2. The van der Waals surface area contributed by atoms with Crippen molar-refractivity contribution in [3.05, 3.63) is 23.8 Å². The van der Waals surface area contributed by atoms with Crippen LogP contribution in [0.2, 0.25) is 0 Å². The van der Waals surface area contributed by atoms with Crippen molar-refractivity contribution in [2.24, 2.45) is 0 Å². The van der Waals surface area contributed by atoms with Gasteiger partial charge in [0.25, 0.3) is 5.91 Å². The zero-order valence-electron chi connectivity index (χ0n) is 15.7. The fraction of sp³-hybridized carbons (Fsp3) is 0.444. The third kappa shape index (κ3) is 5.35. The molecule has 1 fully saturated rings. The molecule has 1 aromatic heterocycles. The number of carbonyl (C=O) groups is 2. The molecule has 0 radical (unpaired) electrons. The Morgan fingerprint density at radius 2 is 1.93 bits per heavy atom. The minimum absolute atomic E-state index is 0.00279. The maximum absolute atomic E-state index is 12.4. The van der Waals surface area contributed by atoms with E-state index >= 15 is 0 Å². The summed E-state index contributed by atoms with van der Waals surface area (Å²) in [7, 11) is 3.04. The second-order valence-electron chi connectivity index (χ2n) is 6.23. The maximum Gasteiger partial charge on any atom is 0.257 e. The molecule has 10 heteroatoms. The minimum Gasteiger partial charge on any atom is -0.493 e. The van der Waals surface area contributed by atoms with E-state index < -0.39 is 0 Å². The van der Waals surface area contributed by atoms with Gasteiger partial charge >= 0.3 is 0 Å². The van der Waals surface area contributed by atoms with Crippen LogP contribution >= 0.6 is 23.1 Å². The van der Waals surface area contributed by atoms with Gasteiger partial charge in [-0.15, -0.1) is 10.2 Å². The van der Waals surface area contributed by atoms with Gasteiger partial charge in [-0.2, -0.15) is 0 Å². The van der Waals surface area contributed by atoms with E-state index in [9.17, 15) is 9.59 Å². The molecule has 2 N–H and O–H groups in total. The van der Waals surface area contributed by atoms with E-state index in [4.69, 9.17) is 9.47 Å². The number of rotatable bonds is 8. The fourth-order valence-electron chi connectivity index (χ4n) is 2.93. The first kappa shape index (κ1) is 20.4. The van der Waals surface area contributed by atoms with E-state index in [1.165, 1.54) is 50.2 Å². The Hall–Kier alpha value is -2.33. The summed E-state index contributed by atoms with van der Waals surface area (Å²) in [6.45, 7) is 0. The molecule has 0 atom stereocenters. The first-order chi connectivity index (χ1) is 13.6. The molecule has 0 saturated heterocycles. The lowest BCUT2D eigenvalue weighted by molar-refractivity contribution is -0.119. The summed E-state index contributed by atoms with van der Waals surface area (Å²) in [4.78, 5) is 24.4. The van der Waals surface area contributed by atoms with Crippen LogP contribution in [0.15, 0.2) is 22.5 Å². The maximum atomic E-state index is 12.4. The number of hydrogen-bond acceptors (Lipinski definition) is 8. The minimum atomic E-state index is -0.326. The van der Waals surface area contributed by atoms with Crippen molar-refractivity contribution in [2.75, 3.05) is 25.3 Å². The van der Waals surface area contributed by atoms with Crippen molar-refractivity contribution < 1.29 is 19.1 Å². The predicted molar refractivity (Wildman–Crippen MR) is 109 cm³/mol. The Kier molecular flexibility index (Phi) is 7.10. The molecule has 8 nitrogen and oxygen atoms in total. The molecule has 3 rings (SSSR count). The quantitative estimate of drug-likeness (QED) is 0.498. The van der Waals surface area contributed by atoms with Crippen LogP contribution in [0.1, 0.15) is 36.0 Å². The lowest BCUT2D eigenvalue weighted by atomic mass is 10.2. The Morgan fingerprint density at radius 3 is 2.64 bits per heavy atom. The molecule has 0 unspecified atom stereocenters. The average molecular weight is 423 g/mol. The van der Waals surface area contributed by atoms with Gasteiger partial charge in [-0.25, -0.2) is 0 Å². The lowest BCUT2D eigenvalue weighted by Gasteiger charge is -2.10. The van der Waals surface area contributed by atoms with E-state index in [2.05, 4.69) is 20.8 Å². The monoisotopic (exact) mass is 422 g/mol. The number of amides is 2. The standard InChI is InChI=1S/C18H22N4O4S2/c1-25-13-8-7-11(9-14(13)26-2)16(24)20-17-21-22-18(28-17)27-10-15(23)19-12-5-3-4-6-12/h7-9,12H,3-6,10H2,1-2H3,(H,19,23)(H,20,21,24). The van der Waals surface area contributed by atoms with Crippen LogP contribution < -0.4 is 20.1 Å². The molecule has 0 bridgehead atoms. The van der Waals surface area contributed by atoms with Crippen LogP contribution in [-0.4, -0.2) is 48.0 Å². The summed E-state index contributed by atoms with van der Waals surface area (Å²) in [5, 5.41) is 14.1. The second kappa shape index (κ2) is 9.74. The van der Waals surface area contributed by atoms with Crippen molar-refractivity contribution in [1.82, 2.24) is 15.5 Å². The molecule has 1 aromatic carbocycles. The first-order valence-electron chi connectivity index (χ1n) is 8.88. The molecule has 150 valence electrons. The van der Waals surface area contributed by atoms with Gasteiger partial charge in [-0.05, 0) is 31.0 Å². The van der Waals surface area contributed by atoms with Crippen molar-refractivity contribution in [2.45, 2.75) is 36.1 Å². The molecular weight excluding hydrogens is 400 g/mol. The molecule has 28 heavy (non-hydrogen) atoms. The number of benzene rings is 1. The van der Waals surface area contributed by atoms with Gasteiger partial charge in [-0.3, -0.25) is 14.9 Å². The van der Waals surface area contributed by atoms with E-state index in [1.54, 1.807) is 18.2 Å². The van der Waals surface area contributed by atoms with Crippen LogP contribution in [-0.2, 0) is 4.79 Å². The summed E-state index contributed by atoms with van der Waals surface area (Å²) >= 11 is 2.54. The number of aromatic nitrogens is 2. The summed E-state index contributed by atoms with van der Waals surface area (Å²) < 4.78 is 11.0. The molecule has 1 aliphatic rings. The number of carbonyl (C=O) groups excluding carboxylic acids is 2. The van der Waals surface area contributed by atoms with Crippen molar-refractivity contribution in [1.29, 1.82) is 0 Å². The summed E-state index contributed by atoms with van der Waals surface area (Å²) in [6, 6.07) is 5.20. The number of methoxy groups -OCH3 is 2. The molecule has 1 heterocycles. The highest BCUT2D eigenvalue weighted by atomic mass is 32.2.